The van der Waals surface area contributed by atoms with Crippen molar-refractivity contribution in [3.8, 4) is 22.6 Å². The van der Waals surface area contributed by atoms with Crippen LogP contribution in [0.3, 0.4) is 0 Å². The van der Waals surface area contributed by atoms with Gasteiger partial charge in [0.25, 0.3) is 5.91 Å². The topological polar surface area (TPSA) is 80.8 Å². The lowest BCUT2D eigenvalue weighted by Gasteiger charge is -2.25. The lowest BCUT2D eigenvalue weighted by Crippen LogP contribution is -2.37. The summed E-state index contributed by atoms with van der Waals surface area (Å²) in [7, 11) is 3.09. The van der Waals surface area contributed by atoms with Gasteiger partial charge in [0.15, 0.2) is 0 Å². The predicted molar refractivity (Wildman–Crippen MR) is 125 cm³/mol. The first-order valence-corrected chi connectivity index (χ1v) is 10.9. The van der Waals surface area contributed by atoms with Crippen molar-refractivity contribution in [1.29, 1.82) is 0 Å². The molecule has 170 valence electrons. The van der Waals surface area contributed by atoms with Gasteiger partial charge in [0, 0.05) is 32.0 Å². The van der Waals surface area contributed by atoms with Crippen LogP contribution < -0.4 is 14.8 Å². The number of rotatable bonds is 6. The first-order valence-electron chi connectivity index (χ1n) is 10.9. The molecule has 1 aromatic heterocycles. The Hall–Kier alpha value is -3.87. The number of amides is 2. The number of aromatic nitrogens is 1. The molecule has 0 aliphatic carbocycles. The maximum Gasteiger partial charge on any atom is 0.257 e. The van der Waals surface area contributed by atoms with Gasteiger partial charge in [-0.3, -0.25) is 14.6 Å². The van der Waals surface area contributed by atoms with Crippen molar-refractivity contribution in [2.24, 2.45) is 5.92 Å². The molecule has 0 saturated carbocycles. The summed E-state index contributed by atoms with van der Waals surface area (Å²) in [5.74, 6) is 0.438. The SMILES string of the molecule is COc1ccc(OC)c(C(=O)N2CCNC(=O)C(Cc3ccccc3-c3ccncc3)C2)c1. The van der Waals surface area contributed by atoms with Gasteiger partial charge in [0.05, 0.1) is 25.7 Å². The van der Waals surface area contributed by atoms with Crippen molar-refractivity contribution in [1.82, 2.24) is 15.2 Å². The Labute approximate surface area is 193 Å². The third kappa shape index (κ3) is 4.98. The average Bonchev–Trinajstić information content (AvgIpc) is 3.05. The van der Waals surface area contributed by atoms with E-state index >= 15 is 0 Å². The van der Waals surface area contributed by atoms with Crippen molar-refractivity contribution >= 4 is 11.8 Å². The minimum atomic E-state index is -0.379. The molecular weight excluding hydrogens is 418 g/mol. The Morgan fingerprint density at radius 3 is 2.64 bits per heavy atom. The number of hydrogen-bond acceptors (Lipinski definition) is 5. The number of hydrogen-bond donors (Lipinski definition) is 1. The fraction of sp³-hybridized carbons (Fsp3) is 0.269. The lowest BCUT2D eigenvalue weighted by atomic mass is 9.91. The van der Waals surface area contributed by atoms with Crippen LogP contribution >= 0.6 is 0 Å². The van der Waals surface area contributed by atoms with Crippen LogP contribution in [0.5, 0.6) is 11.5 Å². The molecule has 1 aliphatic rings. The van der Waals surface area contributed by atoms with Gasteiger partial charge in [-0.2, -0.15) is 0 Å². The van der Waals surface area contributed by atoms with Crippen molar-refractivity contribution in [3.63, 3.8) is 0 Å². The second-order valence-electron chi connectivity index (χ2n) is 7.90. The molecule has 0 bridgehead atoms. The van der Waals surface area contributed by atoms with E-state index < -0.39 is 0 Å². The zero-order chi connectivity index (χ0) is 23.2. The first kappa shape index (κ1) is 22.3. The number of carbonyl (C=O) groups excluding carboxylic acids is 2. The summed E-state index contributed by atoms with van der Waals surface area (Å²) in [4.78, 5) is 32.1. The van der Waals surface area contributed by atoms with Crippen LogP contribution in [0.4, 0.5) is 0 Å². The Kier molecular flexibility index (Phi) is 6.88. The van der Waals surface area contributed by atoms with Crippen molar-refractivity contribution in [2.75, 3.05) is 33.9 Å². The maximum absolute atomic E-state index is 13.4. The molecule has 0 spiro atoms. The van der Waals surface area contributed by atoms with Gasteiger partial charge in [-0.05, 0) is 53.4 Å². The first-order chi connectivity index (χ1) is 16.1. The van der Waals surface area contributed by atoms with Gasteiger partial charge < -0.3 is 19.7 Å². The number of benzene rings is 2. The van der Waals surface area contributed by atoms with Gasteiger partial charge >= 0.3 is 0 Å². The Morgan fingerprint density at radius 2 is 1.88 bits per heavy atom. The van der Waals surface area contributed by atoms with E-state index in [2.05, 4.69) is 10.3 Å². The molecule has 3 aromatic rings. The summed E-state index contributed by atoms with van der Waals surface area (Å²) in [6, 6.07) is 17.1. The van der Waals surface area contributed by atoms with Crippen molar-refractivity contribution in [2.45, 2.75) is 6.42 Å². The van der Waals surface area contributed by atoms with Crippen LogP contribution in [0.25, 0.3) is 11.1 Å². The molecule has 1 unspecified atom stereocenters. The van der Waals surface area contributed by atoms with E-state index in [-0.39, 0.29) is 17.7 Å². The van der Waals surface area contributed by atoms with Crippen LogP contribution in [0.2, 0.25) is 0 Å². The molecule has 33 heavy (non-hydrogen) atoms. The molecule has 1 N–H and O–H groups in total. The molecule has 7 heteroatoms. The second kappa shape index (κ2) is 10.2. The van der Waals surface area contributed by atoms with E-state index in [0.29, 0.717) is 43.1 Å². The van der Waals surface area contributed by atoms with Crippen LogP contribution in [0, 0.1) is 5.92 Å². The molecule has 1 aliphatic heterocycles. The summed E-state index contributed by atoms with van der Waals surface area (Å²) in [6.45, 7) is 1.14. The van der Waals surface area contributed by atoms with Gasteiger partial charge in [-0.1, -0.05) is 24.3 Å². The van der Waals surface area contributed by atoms with E-state index in [9.17, 15) is 9.59 Å². The smallest absolute Gasteiger partial charge is 0.257 e. The molecule has 2 aromatic carbocycles. The highest BCUT2D eigenvalue weighted by atomic mass is 16.5. The quantitative estimate of drug-likeness (QED) is 0.630. The fourth-order valence-electron chi connectivity index (χ4n) is 4.17. The summed E-state index contributed by atoms with van der Waals surface area (Å²) < 4.78 is 10.7. The third-order valence-electron chi connectivity index (χ3n) is 5.89. The number of ether oxygens (including phenoxy) is 2. The third-order valence-corrected chi connectivity index (χ3v) is 5.89. The van der Waals surface area contributed by atoms with Gasteiger partial charge in [0.2, 0.25) is 5.91 Å². The number of methoxy groups -OCH3 is 2. The van der Waals surface area contributed by atoms with E-state index in [4.69, 9.17) is 9.47 Å². The standard InChI is InChI=1S/C26H27N3O4/c1-32-21-7-8-24(33-2)23(16-21)26(31)29-14-13-28-25(30)20(17-29)15-19-5-3-4-6-22(19)18-9-11-27-12-10-18/h3-12,16,20H,13-15,17H2,1-2H3,(H,28,30). The highest BCUT2D eigenvalue weighted by Gasteiger charge is 2.30. The summed E-state index contributed by atoms with van der Waals surface area (Å²) in [6.07, 6.45) is 4.03. The van der Waals surface area contributed by atoms with Crippen LogP contribution in [0.1, 0.15) is 15.9 Å². The van der Waals surface area contributed by atoms with Crippen LogP contribution in [-0.4, -0.2) is 55.6 Å². The zero-order valence-corrected chi connectivity index (χ0v) is 18.8. The molecule has 1 saturated heterocycles. The van der Waals surface area contributed by atoms with E-state index in [1.165, 1.54) is 7.11 Å². The van der Waals surface area contributed by atoms with E-state index in [1.54, 1.807) is 42.6 Å². The molecule has 1 atom stereocenters. The van der Waals surface area contributed by atoms with Gasteiger partial charge in [0.1, 0.15) is 11.5 Å². The fourth-order valence-corrected chi connectivity index (χ4v) is 4.17. The second-order valence-corrected chi connectivity index (χ2v) is 7.90. The van der Waals surface area contributed by atoms with Crippen LogP contribution in [0.15, 0.2) is 67.0 Å². The molecule has 1 fully saturated rings. The molecule has 4 rings (SSSR count). The largest absolute Gasteiger partial charge is 0.497 e. The normalized spacial score (nSPS) is 16.0. The summed E-state index contributed by atoms with van der Waals surface area (Å²) >= 11 is 0. The average molecular weight is 446 g/mol. The lowest BCUT2D eigenvalue weighted by molar-refractivity contribution is -0.124. The molecular formula is C26H27N3O4. The molecule has 2 heterocycles. The van der Waals surface area contributed by atoms with Gasteiger partial charge in [-0.25, -0.2) is 0 Å². The number of nitrogens with one attached hydrogen (secondary N) is 1. The Bertz CT molecular complexity index is 1130. The maximum atomic E-state index is 13.4. The van der Waals surface area contributed by atoms with Crippen molar-refractivity contribution in [3.05, 3.63) is 78.1 Å². The minimum Gasteiger partial charge on any atom is -0.497 e. The molecule has 0 radical (unpaired) electrons. The van der Waals surface area contributed by atoms with E-state index in [1.807, 2.05) is 36.4 Å². The van der Waals surface area contributed by atoms with E-state index in [0.717, 1.165) is 16.7 Å². The highest BCUT2D eigenvalue weighted by Crippen LogP contribution is 2.28. The monoisotopic (exact) mass is 445 g/mol. The number of nitrogens with zero attached hydrogens (tertiary/aromatic N) is 2. The zero-order valence-electron chi connectivity index (χ0n) is 18.8. The molecule has 2 amide bonds. The van der Waals surface area contributed by atoms with Crippen LogP contribution in [-0.2, 0) is 11.2 Å². The Balaban J connectivity index is 1.60. The molecule has 7 nitrogen and oxygen atoms in total. The van der Waals surface area contributed by atoms with Crippen molar-refractivity contribution < 1.29 is 19.1 Å². The summed E-state index contributed by atoms with van der Waals surface area (Å²) in [5, 5.41) is 2.96. The number of pyridine rings is 1. The summed E-state index contributed by atoms with van der Waals surface area (Å²) in [5.41, 5.74) is 3.58. The number of carbonyl (C=O) groups is 2. The van der Waals surface area contributed by atoms with Gasteiger partial charge in [-0.15, -0.1) is 0 Å². The predicted octanol–water partition coefficient (Wildman–Crippen LogP) is 3.20. The highest BCUT2D eigenvalue weighted by molar-refractivity contribution is 5.98. The minimum absolute atomic E-state index is 0.0487. The Morgan fingerprint density at radius 1 is 1.09 bits per heavy atom.